The van der Waals surface area contributed by atoms with E-state index in [0.717, 1.165) is 25.3 Å². The van der Waals surface area contributed by atoms with Crippen molar-refractivity contribution in [3.8, 4) is 0 Å². The third-order valence-corrected chi connectivity index (χ3v) is 4.74. The lowest BCUT2D eigenvalue weighted by Crippen LogP contribution is -2.42. The zero-order valence-electron chi connectivity index (χ0n) is 12.7. The Morgan fingerprint density at radius 2 is 2.14 bits per heavy atom. The molecule has 3 atom stereocenters. The Balaban J connectivity index is 1.74. The van der Waals surface area contributed by atoms with Gasteiger partial charge in [0.15, 0.2) is 6.20 Å². The molecular weight excluding hydrogens is 268 g/mol. The highest BCUT2D eigenvalue weighted by Gasteiger charge is 2.46. The van der Waals surface area contributed by atoms with Gasteiger partial charge in [0.05, 0.1) is 5.69 Å². The molecule has 21 heavy (non-hydrogen) atoms. The Hall–Kier alpha value is -1.69. The normalized spacial score (nSPS) is 28.7. The van der Waals surface area contributed by atoms with Crippen LogP contribution in [-0.4, -0.2) is 35.6 Å². The molecule has 0 aromatic carbocycles. The molecule has 1 aromatic heterocycles. The zero-order chi connectivity index (χ0) is 15.2. The van der Waals surface area contributed by atoms with Crippen molar-refractivity contribution in [1.29, 1.82) is 0 Å². The number of fused-ring (bicyclic) bond motifs is 1. The van der Waals surface area contributed by atoms with Crippen molar-refractivity contribution >= 4 is 11.5 Å². The topological polar surface area (TPSA) is 71.3 Å². The molecule has 0 bridgehead atoms. The number of rotatable bonds is 2. The van der Waals surface area contributed by atoms with Crippen LogP contribution in [0.25, 0.3) is 0 Å². The van der Waals surface area contributed by atoms with Crippen molar-refractivity contribution in [1.82, 2.24) is 10.3 Å². The first-order chi connectivity index (χ1) is 9.86. The average molecular weight is 290 g/mol. The van der Waals surface area contributed by atoms with E-state index in [1.165, 1.54) is 6.07 Å². The molecule has 6 nitrogen and oxygen atoms in total. The number of hydrogen-bond donors (Lipinski definition) is 1. The van der Waals surface area contributed by atoms with Gasteiger partial charge in [-0.3, -0.25) is 0 Å². The summed E-state index contributed by atoms with van der Waals surface area (Å²) < 4.78 is 0. The van der Waals surface area contributed by atoms with E-state index in [-0.39, 0.29) is 11.2 Å². The highest BCUT2D eigenvalue weighted by atomic mass is 16.6. The molecule has 2 aliphatic heterocycles. The summed E-state index contributed by atoms with van der Waals surface area (Å²) in [6.07, 6.45) is 1.62. The molecule has 0 radical (unpaired) electrons. The highest BCUT2D eigenvalue weighted by molar-refractivity contribution is 5.48. The molecule has 1 aromatic rings. The average Bonchev–Trinajstić information content (AvgIpc) is 2.96. The molecule has 3 unspecified atom stereocenters. The molecule has 3 heterocycles. The molecule has 0 amide bonds. The van der Waals surface area contributed by atoms with Gasteiger partial charge in [-0.15, -0.1) is 0 Å². The van der Waals surface area contributed by atoms with Crippen LogP contribution < -0.4 is 10.2 Å². The van der Waals surface area contributed by atoms with E-state index in [2.05, 4.69) is 36.0 Å². The fraction of sp³-hybridized carbons (Fsp3) is 0.667. The van der Waals surface area contributed by atoms with E-state index in [1.54, 1.807) is 6.20 Å². The molecule has 0 spiro atoms. The number of nitrogens with one attached hydrogen (secondary N) is 1. The fourth-order valence-corrected chi connectivity index (χ4v) is 3.75. The first-order valence-electron chi connectivity index (χ1n) is 7.45. The smallest absolute Gasteiger partial charge is 0.363 e. The van der Waals surface area contributed by atoms with Crippen LogP contribution in [0.2, 0.25) is 0 Å². The predicted octanol–water partition coefficient (Wildman–Crippen LogP) is 2.06. The van der Waals surface area contributed by atoms with Gasteiger partial charge in [-0.05, 0) is 33.2 Å². The van der Waals surface area contributed by atoms with E-state index < -0.39 is 4.92 Å². The van der Waals surface area contributed by atoms with Crippen LogP contribution in [0.5, 0.6) is 0 Å². The number of pyridine rings is 1. The second-order valence-corrected chi connectivity index (χ2v) is 7.21. The standard InChI is InChI=1S/C15H22N4O2/c1-15(2,3)14-12-9-18(8-10(12)6-17-14)11-4-5-13(16-7-11)19(20)21/h4-5,7,10,12,14,17H,6,8-9H2,1-3H3. The minimum atomic E-state index is -0.456. The van der Waals surface area contributed by atoms with Crippen molar-refractivity contribution < 1.29 is 4.92 Å². The summed E-state index contributed by atoms with van der Waals surface area (Å²) in [6.45, 7) is 9.90. The molecule has 1 N–H and O–H groups in total. The number of hydrogen-bond acceptors (Lipinski definition) is 5. The van der Waals surface area contributed by atoms with Gasteiger partial charge in [-0.2, -0.15) is 0 Å². The lowest BCUT2D eigenvalue weighted by Gasteiger charge is -2.32. The maximum absolute atomic E-state index is 10.7. The van der Waals surface area contributed by atoms with Gasteiger partial charge in [0.25, 0.3) is 0 Å². The van der Waals surface area contributed by atoms with E-state index >= 15 is 0 Å². The van der Waals surface area contributed by atoms with Crippen LogP contribution in [0.15, 0.2) is 18.3 Å². The Labute approximate surface area is 124 Å². The van der Waals surface area contributed by atoms with E-state index in [4.69, 9.17) is 0 Å². The number of anilines is 1. The van der Waals surface area contributed by atoms with Crippen LogP contribution >= 0.6 is 0 Å². The molecule has 114 valence electrons. The maximum atomic E-state index is 10.7. The van der Waals surface area contributed by atoms with Crippen LogP contribution in [-0.2, 0) is 0 Å². The minimum absolute atomic E-state index is 0.0904. The third-order valence-electron chi connectivity index (χ3n) is 4.74. The van der Waals surface area contributed by atoms with Gasteiger partial charge < -0.3 is 20.3 Å². The minimum Gasteiger partial charge on any atom is -0.368 e. The summed E-state index contributed by atoms with van der Waals surface area (Å²) in [4.78, 5) is 16.5. The molecule has 2 saturated heterocycles. The summed E-state index contributed by atoms with van der Waals surface area (Å²) in [5.41, 5.74) is 1.24. The summed E-state index contributed by atoms with van der Waals surface area (Å²) in [5, 5.41) is 14.3. The molecule has 3 rings (SSSR count). The van der Waals surface area contributed by atoms with Gasteiger partial charge in [-0.25, -0.2) is 0 Å². The second-order valence-electron chi connectivity index (χ2n) is 7.21. The molecule has 6 heteroatoms. The van der Waals surface area contributed by atoms with Crippen molar-refractivity contribution in [3.05, 3.63) is 28.4 Å². The lowest BCUT2D eigenvalue weighted by molar-refractivity contribution is -0.389. The first kappa shape index (κ1) is 14.3. The Morgan fingerprint density at radius 3 is 2.71 bits per heavy atom. The van der Waals surface area contributed by atoms with Gasteiger partial charge >= 0.3 is 5.82 Å². The second kappa shape index (κ2) is 4.94. The summed E-state index contributed by atoms with van der Waals surface area (Å²) in [7, 11) is 0. The SMILES string of the molecule is CC(C)(C)C1NCC2CN(c3ccc([N+](=O)[O-])nc3)CC21. The van der Waals surface area contributed by atoms with E-state index in [0.29, 0.717) is 17.9 Å². The number of aromatic nitrogens is 1. The predicted molar refractivity (Wildman–Crippen MR) is 81.3 cm³/mol. The Bertz CT molecular complexity index is 538. The monoisotopic (exact) mass is 290 g/mol. The third kappa shape index (κ3) is 2.60. The van der Waals surface area contributed by atoms with Gasteiger partial charge in [-0.1, -0.05) is 20.8 Å². The summed E-state index contributed by atoms with van der Waals surface area (Å²) in [6, 6.07) is 3.83. The Kier molecular flexibility index (Phi) is 3.36. The fourth-order valence-electron chi connectivity index (χ4n) is 3.75. The summed E-state index contributed by atoms with van der Waals surface area (Å²) in [5.74, 6) is 1.21. The van der Waals surface area contributed by atoms with E-state index in [9.17, 15) is 10.1 Å². The molecule has 2 aliphatic rings. The van der Waals surface area contributed by atoms with Crippen LogP contribution in [0.4, 0.5) is 11.5 Å². The molecular formula is C15H22N4O2. The van der Waals surface area contributed by atoms with Crippen molar-refractivity contribution in [2.75, 3.05) is 24.5 Å². The largest absolute Gasteiger partial charge is 0.368 e. The highest BCUT2D eigenvalue weighted by Crippen LogP contribution is 2.39. The van der Waals surface area contributed by atoms with Crippen LogP contribution in [0, 0.1) is 27.4 Å². The number of nitrogens with zero attached hydrogens (tertiary/aromatic N) is 3. The molecule has 0 aliphatic carbocycles. The first-order valence-corrected chi connectivity index (χ1v) is 7.45. The van der Waals surface area contributed by atoms with Gasteiger partial charge in [0, 0.05) is 31.7 Å². The van der Waals surface area contributed by atoms with Crippen molar-refractivity contribution in [2.24, 2.45) is 17.3 Å². The van der Waals surface area contributed by atoms with Crippen molar-refractivity contribution in [2.45, 2.75) is 26.8 Å². The maximum Gasteiger partial charge on any atom is 0.363 e. The van der Waals surface area contributed by atoms with E-state index in [1.807, 2.05) is 6.07 Å². The van der Waals surface area contributed by atoms with Crippen LogP contribution in [0.1, 0.15) is 20.8 Å². The summed E-state index contributed by atoms with van der Waals surface area (Å²) >= 11 is 0. The molecule has 2 fully saturated rings. The zero-order valence-corrected chi connectivity index (χ0v) is 12.7. The number of nitro groups is 1. The molecule has 0 saturated carbocycles. The van der Waals surface area contributed by atoms with Crippen molar-refractivity contribution in [3.63, 3.8) is 0 Å². The lowest BCUT2D eigenvalue weighted by atomic mass is 9.78. The van der Waals surface area contributed by atoms with Gasteiger partial charge in [0.2, 0.25) is 0 Å². The van der Waals surface area contributed by atoms with Gasteiger partial charge in [0.1, 0.15) is 0 Å². The Morgan fingerprint density at radius 1 is 1.38 bits per heavy atom. The van der Waals surface area contributed by atoms with Crippen LogP contribution in [0.3, 0.4) is 0 Å². The quantitative estimate of drug-likeness (QED) is 0.667.